The Hall–Kier alpha value is -3.22. The van der Waals surface area contributed by atoms with Crippen molar-refractivity contribution in [2.24, 2.45) is 0 Å². The first-order chi connectivity index (χ1) is 12.7. The Balaban J connectivity index is 1.58. The minimum Gasteiger partial charge on any atom is -0.366 e. The minimum absolute atomic E-state index is 0.187. The van der Waals surface area contributed by atoms with E-state index in [1.807, 2.05) is 43.3 Å². The maximum absolute atomic E-state index is 11.9. The summed E-state index contributed by atoms with van der Waals surface area (Å²) in [5.41, 5.74) is 3.44. The van der Waals surface area contributed by atoms with Crippen molar-refractivity contribution in [3.05, 3.63) is 64.8 Å². The highest BCUT2D eigenvalue weighted by Gasteiger charge is 2.22. The van der Waals surface area contributed by atoms with Crippen LogP contribution in [0.5, 0.6) is 0 Å². The molecule has 2 aromatic heterocycles. The second kappa shape index (κ2) is 6.95. The van der Waals surface area contributed by atoms with Crippen LogP contribution in [-0.2, 0) is 0 Å². The zero-order valence-corrected chi connectivity index (χ0v) is 14.6. The third-order valence-electron chi connectivity index (χ3n) is 4.57. The molecule has 4 rings (SSSR count). The summed E-state index contributed by atoms with van der Waals surface area (Å²) < 4.78 is 0. The average Bonchev–Trinajstić information content (AvgIpc) is 2.69. The van der Waals surface area contributed by atoms with Crippen molar-refractivity contribution in [3.63, 3.8) is 0 Å². The molecule has 0 bridgehead atoms. The maximum atomic E-state index is 11.9. The number of aromatic nitrogens is 4. The molecular formula is C19H20N6O. The Labute approximate surface area is 151 Å². The number of benzene rings is 1. The fraction of sp³-hybridized carbons (Fsp3) is 0.263. The number of nitrogens with zero attached hydrogens (tertiary/aromatic N) is 5. The molecule has 7 heteroatoms. The highest BCUT2D eigenvalue weighted by atomic mass is 16.1. The molecule has 0 saturated carbocycles. The van der Waals surface area contributed by atoms with Gasteiger partial charge in [-0.05, 0) is 6.92 Å². The number of aromatic amines is 1. The second-order valence-corrected chi connectivity index (χ2v) is 6.32. The molecule has 0 aliphatic carbocycles. The van der Waals surface area contributed by atoms with Crippen molar-refractivity contribution in [3.8, 4) is 11.3 Å². The molecule has 0 atom stereocenters. The van der Waals surface area contributed by atoms with Gasteiger partial charge in [-0.1, -0.05) is 30.3 Å². The Morgan fingerprint density at radius 1 is 0.962 bits per heavy atom. The molecule has 1 aliphatic rings. The predicted octanol–water partition coefficient (Wildman–Crippen LogP) is 1.86. The smallest absolute Gasteiger partial charge is 0.266 e. The first-order valence-corrected chi connectivity index (χ1v) is 8.64. The molecule has 26 heavy (non-hydrogen) atoms. The van der Waals surface area contributed by atoms with Crippen LogP contribution in [0.4, 0.5) is 11.5 Å². The molecule has 132 valence electrons. The number of anilines is 2. The fourth-order valence-corrected chi connectivity index (χ4v) is 3.23. The third-order valence-corrected chi connectivity index (χ3v) is 4.57. The molecule has 0 radical (unpaired) electrons. The Morgan fingerprint density at radius 2 is 1.69 bits per heavy atom. The van der Waals surface area contributed by atoms with Crippen molar-refractivity contribution in [2.45, 2.75) is 6.92 Å². The number of nitrogens with one attached hydrogen (secondary N) is 1. The van der Waals surface area contributed by atoms with E-state index in [1.165, 1.54) is 0 Å². The lowest BCUT2D eigenvalue weighted by atomic mass is 10.1. The van der Waals surface area contributed by atoms with Crippen LogP contribution in [0.1, 0.15) is 5.69 Å². The second-order valence-electron chi connectivity index (χ2n) is 6.32. The van der Waals surface area contributed by atoms with Gasteiger partial charge in [0.2, 0.25) is 0 Å². The molecule has 1 N–H and O–H groups in total. The van der Waals surface area contributed by atoms with Gasteiger partial charge in [0.1, 0.15) is 17.8 Å². The number of H-pyrrole nitrogens is 1. The quantitative estimate of drug-likeness (QED) is 0.778. The first-order valence-electron chi connectivity index (χ1n) is 8.64. The summed E-state index contributed by atoms with van der Waals surface area (Å²) in [5.74, 6) is 0.949. The van der Waals surface area contributed by atoms with Crippen molar-refractivity contribution >= 4 is 11.5 Å². The van der Waals surface area contributed by atoms with Gasteiger partial charge in [-0.15, -0.1) is 0 Å². The number of aryl methyl sites for hydroxylation is 1. The summed E-state index contributed by atoms with van der Waals surface area (Å²) in [4.78, 5) is 24.9. The summed E-state index contributed by atoms with van der Waals surface area (Å²) in [6.07, 6.45) is 1.60. The van der Waals surface area contributed by atoms with Crippen molar-refractivity contribution in [2.75, 3.05) is 36.0 Å². The van der Waals surface area contributed by atoms with Gasteiger partial charge < -0.3 is 9.80 Å². The zero-order chi connectivity index (χ0) is 17.9. The monoisotopic (exact) mass is 348 g/mol. The van der Waals surface area contributed by atoms with Crippen LogP contribution in [0, 0.1) is 6.92 Å². The van der Waals surface area contributed by atoms with Gasteiger partial charge in [-0.2, -0.15) is 5.10 Å². The van der Waals surface area contributed by atoms with Gasteiger partial charge in [0.25, 0.3) is 5.56 Å². The Bertz CT molecular complexity index is 947. The van der Waals surface area contributed by atoms with Crippen LogP contribution in [0.15, 0.2) is 53.6 Å². The highest BCUT2D eigenvalue weighted by molar-refractivity contribution is 5.74. The van der Waals surface area contributed by atoms with Gasteiger partial charge in [0.05, 0.1) is 5.69 Å². The third kappa shape index (κ3) is 3.28. The van der Waals surface area contributed by atoms with E-state index in [1.54, 1.807) is 12.4 Å². The van der Waals surface area contributed by atoms with E-state index in [0.717, 1.165) is 54.6 Å². The number of rotatable bonds is 3. The van der Waals surface area contributed by atoms with E-state index in [0.29, 0.717) is 0 Å². The first kappa shape index (κ1) is 16.3. The zero-order valence-electron chi connectivity index (χ0n) is 14.6. The molecule has 7 nitrogen and oxygen atoms in total. The summed E-state index contributed by atoms with van der Waals surface area (Å²) in [5, 5.41) is 6.86. The standard InChI is InChI=1S/C19H20N6O/c1-14-11-17(21-13-20-14)25-9-7-24(8-10-25)16-12-18(26)22-23-19(16)15-5-3-2-4-6-15/h2-6,11-13H,7-10H2,1H3,(H,22,26). The van der Waals surface area contributed by atoms with E-state index in [4.69, 9.17) is 0 Å². The van der Waals surface area contributed by atoms with Crippen LogP contribution in [0.2, 0.25) is 0 Å². The van der Waals surface area contributed by atoms with Gasteiger partial charge >= 0.3 is 0 Å². The SMILES string of the molecule is Cc1cc(N2CCN(c3cc(=O)[nH]nc3-c3ccccc3)CC2)ncn1. The number of hydrogen-bond acceptors (Lipinski definition) is 6. The van der Waals surface area contributed by atoms with Crippen LogP contribution in [0.25, 0.3) is 11.3 Å². The summed E-state index contributed by atoms with van der Waals surface area (Å²) in [6.45, 7) is 5.23. The van der Waals surface area contributed by atoms with Crippen LogP contribution >= 0.6 is 0 Å². The highest BCUT2D eigenvalue weighted by Crippen LogP contribution is 2.28. The molecule has 0 unspecified atom stereocenters. The number of piperazine rings is 1. The molecule has 3 heterocycles. The van der Waals surface area contributed by atoms with E-state index in [2.05, 4.69) is 30.0 Å². The van der Waals surface area contributed by atoms with Crippen LogP contribution in [-0.4, -0.2) is 46.3 Å². The fourth-order valence-electron chi connectivity index (χ4n) is 3.23. The molecule has 1 aliphatic heterocycles. The minimum atomic E-state index is -0.187. The van der Waals surface area contributed by atoms with Gasteiger partial charge in [0.15, 0.2) is 0 Å². The van der Waals surface area contributed by atoms with E-state index in [9.17, 15) is 4.79 Å². The van der Waals surface area contributed by atoms with Crippen LogP contribution < -0.4 is 15.4 Å². The summed E-state index contributed by atoms with van der Waals surface area (Å²) in [7, 11) is 0. The van der Waals surface area contributed by atoms with Gasteiger partial charge in [-0.3, -0.25) is 4.79 Å². The lowest BCUT2D eigenvalue weighted by Crippen LogP contribution is -2.47. The van der Waals surface area contributed by atoms with E-state index >= 15 is 0 Å². The lowest BCUT2D eigenvalue weighted by Gasteiger charge is -2.37. The molecule has 0 spiro atoms. The Morgan fingerprint density at radius 3 is 2.42 bits per heavy atom. The topological polar surface area (TPSA) is 78.0 Å². The summed E-state index contributed by atoms with van der Waals surface area (Å²) >= 11 is 0. The predicted molar refractivity (Wildman–Crippen MR) is 101 cm³/mol. The van der Waals surface area contributed by atoms with Gasteiger partial charge in [-0.25, -0.2) is 15.1 Å². The van der Waals surface area contributed by atoms with Crippen LogP contribution in [0.3, 0.4) is 0 Å². The molecule has 1 saturated heterocycles. The van der Waals surface area contributed by atoms with Crippen molar-refractivity contribution in [1.82, 2.24) is 20.2 Å². The molecular weight excluding hydrogens is 328 g/mol. The van der Waals surface area contributed by atoms with Crippen molar-refractivity contribution < 1.29 is 0 Å². The molecule has 0 amide bonds. The lowest BCUT2D eigenvalue weighted by molar-refractivity contribution is 0.645. The molecule has 1 aromatic carbocycles. The molecule has 1 fully saturated rings. The Kier molecular flexibility index (Phi) is 4.35. The average molecular weight is 348 g/mol. The largest absolute Gasteiger partial charge is 0.366 e. The van der Waals surface area contributed by atoms with E-state index < -0.39 is 0 Å². The van der Waals surface area contributed by atoms with Gasteiger partial charge in [0, 0.05) is 49.6 Å². The normalized spacial score (nSPS) is 14.5. The molecule has 3 aromatic rings. The van der Waals surface area contributed by atoms with Crippen molar-refractivity contribution in [1.29, 1.82) is 0 Å². The summed E-state index contributed by atoms with van der Waals surface area (Å²) in [6, 6.07) is 13.6. The van der Waals surface area contributed by atoms with E-state index in [-0.39, 0.29) is 5.56 Å². The maximum Gasteiger partial charge on any atom is 0.266 e. The number of hydrogen-bond donors (Lipinski definition) is 1.